The average molecular weight is 197 g/mol. The molecule has 0 atom stereocenters. The predicted molar refractivity (Wildman–Crippen MR) is 49.4 cm³/mol. The molecule has 0 saturated carbocycles. The summed E-state index contributed by atoms with van der Waals surface area (Å²) in [4.78, 5) is 9.12. The second-order valence-corrected chi connectivity index (χ2v) is 3.63. The summed E-state index contributed by atoms with van der Waals surface area (Å²) in [5.74, 6) is -0.00226. The molecule has 5 heteroatoms. The Morgan fingerprint density at radius 2 is 2.29 bits per heavy atom. The number of hydrogen-bond donors (Lipinski definition) is 1. The molecule has 1 aromatic rings. The summed E-state index contributed by atoms with van der Waals surface area (Å²) in [5, 5.41) is 9.74. The normalized spacial score (nSPS) is 19.2. The van der Waals surface area contributed by atoms with Gasteiger partial charge in [-0.05, 0) is 6.42 Å². The van der Waals surface area contributed by atoms with Crippen molar-refractivity contribution < 1.29 is 9.50 Å². The molecule has 14 heavy (non-hydrogen) atoms. The first-order valence-electron chi connectivity index (χ1n) is 4.58. The van der Waals surface area contributed by atoms with Crippen LogP contribution in [0.3, 0.4) is 0 Å². The lowest BCUT2D eigenvalue weighted by Crippen LogP contribution is -2.61. The summed E-state index contributed by atoms with van der Waals surface area (Å²) in [6, 6.07) is 1.27. The lowest BCUT2D eigenvalue weighted by molar-refractivity contribution is 0.00800. The molecule has 1 saturated heterocycles. The number of rotatable bonds is 2. The second kappa shape index (κ2) is 3.16. The standard InChI is InChI=1S/C9H12FN3O/c1-2-9(14)4-13(5-9)8-3-7(10)11-6-12-8/h3,6,14H,2,4-5H2,1H3. The first-order valence-corrected chi connectivity index (χ1v) is 4.58. The average Bonchev–Trinajstić information content (AvgIpc) is 2.13. The SMILES string of the molecule is CCC1(O)CN(c2cc(F)ncn2)C1. The van der Waals surface area contributed by atoms with Gasteiger partial charge >= 0.3 is 0 Å². The van der Waals surface area contributed by atoms with E-state index in [1.165, 1.54) is 12.4 Å². The van der Waals surface area contributed by atoms with Crippen LogP contribution in [0, 0.1) is 5.95 Å². The van der Waals surface area contributed by atoms with Gasteiger partial charge < -0.3 is 10.0 Å². The quantitative estimate of drug-likeness (QED) is 0.704. The molecule has 0 amide bonds. The molecule has 2 rings (SSSR count). The highest BCUT2D eigenvalue weighted by Crippen LogP contribution is 2.28. The van der Waals surface area contributed by atoms with Gasteiger partial charge in [0.1, 0.15) is 12.1 Å². The van der Waals surface area contributed by atoms with Crippen molar-refractivity contribution in [1.82, 2.24) is 9.97 Å². The minimum atomic E-state index is -0.624. The summed E-state index contributed by atoms with van der Waals surface area (Å²) in [5.41, 5.74) is -0.624. The van der Waals surface area contributed by atoms with E-state index in [9.17, 15) is 9.50 Å². The van der Waals surface area contributed by atoms with Crippen LogP contribution in [0.2, 0.25) is 0 Å². The number of hydrogen-bond acceptors (Lipinski definition) is 4. The van der Waals surface area contributed by atoms with Crippen LogP contribution in [0.1, 0.15) is 13.3 Å². The Kier molecular flexibility index (Phi) is 2.11. The van der Waals surface area contributed by atoms with Gasteiger partial charge in [-0.3, -0.25) is 0 Å². The maximum atomic E-state index is 12.7. The number of nitrogens with zero attached hydrogens (tertiary/aromatic N) is 3. The van der Waals surface area contributed by atoms with Gasteiger partial charge in [-0.1, -0.05) is 6.92 Å². The Balaban J connectivity index is 2.06. The van der Waals surface area contributed by atoms with Gasteiger partial charge in [0.15, 0.2) is 0 Å². The van der Waals surface area contributed by atoms with E-state index < -0.39 is 11.5 Å². The highest BCUT2D eigenvalue weighted by molar-refractivity contribution is 5.42. The van der Waals surface area contributed by atoms with Crippen LogP contribution in [0.15, 0.2) is 12.4 Å². The topological polar surface area (TPSA) is 49.2 Å². The summed E-state index contributed by atoms with van der Waals surface area (Å²) in [6.45, 7) is 2.96. The van der Waals surface area contributed by atoms with E-state index in [0.29, 0.717) is 25.3 Å². The molecule has 2 heterocycles. The zero-order valence-corrected chi connectivity index (χ0v) is 7.94. The molecule has 1 aliphatic heterocycles. The number of halogens is 1. The summed E-state index contributed by atoms with van der Waals surface area (Å²) >= 11 is 0. The summed E-state index contributed by atoms with van der Waals surface area (Å²) < 4.78 is 12.7. The van der Waals surface area contributed by atoms with Crippen molar-refractivity contribution in [2.45, 2.75) is 18.9 Å². The highest BCUT2D eigenvalue weighted by Gasteiger charge is 2.40. The lowest BCUT2D eigenvalue weighted by Gasteiger charge is -2.46. The van der Waals surface area contributed by atoms with Crippen LogP contribution < -0.4 is 4.90 Å². The zero-order chi connectivity index (χ0) is 10.2. The molecule has 0 unspecified atom stereocenters. The van der Waals surface area contributed by atoms with Crippen molar-refractivity contribution in [3.05, 3.63) is 18.3 Å². The first-order chi connectivity index (χ1) is 6.63. The van der Waals surface area contributed by atoms with Crippen molar-refractivity contribution >= 4 is 5.82 Å². The van der Waals surface area contributed by atoms with Crippen molar-refractivity contribution in [1.29, 1.82) is 0 Å². The summed E-state index contributed by atoms with van der Waals surface area (Å²) in [7, 11) is 0. The van der Waals surface area contributed by atoms with Crippen molar-refractivity contribution in [3.63, 3.8) is 0 Å². The Bertz CT molecular complexity index is 339. The highest BCUT2D eigenvalue weighted by atomic mass is 19.1. The maximum absolute atomic E-state index is 12.7. The van der Waals surface area contributed by atoms with Gasteiger partial charge in [-0.25, -0.2) is 9.97 Å². The smallest absolute Gasteiger partial charge is 0.218 e. The monoisotopic (exact) mass is 197 g/mol. The van der Waals surface area contributed by atoms with Gasteiger partial charge in [0.05, 0.1) is 5.60 Å². The van der Waals surface area contributed by atoms with E-state index in [-0.39, 0.29) is 0 Å². The number of anilines is 1. The van der Waals surface area contributed by atoms with Crippen LogP contribution in [-0.4, -0.2) is 33.8 Å². The number of β-amino-alcohol motifs (C(OH)–C–C–N with tert-alkyl or cyclic N) is 1. The Labute approximate surface area is 81.4 Å². The molecule has 0 aliphatic carbocycles. The molecule has 4 nitrogen and oxygen atoms in total. The second-order valence-electron chi connectivity index (χ2n) is 3.63. The Morgan fingerprint density at radius 1 is 1.57 bits per heavy atom. The minimum Gasteiger partial charge on any atom is -0.386 e. The van der Waals surface area contributed by atoms with E-state index in [0.717, 1.165) is 0 Å². The zero-order valence-electron chi connectivity index (χ0n) is 7.94. The van der Waals surface area contributed by atoms with Crippen molar-refractivity contribution in [3.8, 4) is 0 Å². The number of aromatic nitrogens is 2. The van der Waals surface area contributed by atoms with E-state index in [2.05, 4.69) is 9.97 Å². The van der Waals surface area contributed by atoms with Crippen LogP contribution in [0.4, 0.5) is 10.2 Å². The largest absolute Gasteiger partial charge is 0.386 e. The van der Waals surface area contributed by atoms with Gasteiger partial charge in [0.2, 0.25) is 5.95 Å². The van der Waals surface area contributed by atoms with Crippen LogP contribution in [0.5, 0.6) is 0 Å². The van der Waals surface area contributed by atoms with Gasteiger partial charge in [0.25, 0.3) is 0 Å². The van der Waals surface area contributed by atoms with Crippen LogP contribution in [-0.2, 0) is 0 Å². The van der Waals surface area contributed by atoms with Crippen molar-refractivity contribution in [2.24, 2.45) is 0 Å². The van der Waals surface area contributed by atoms with E-state index in [1.54, 1.807) is 0 Å². The van der Waals surface area contributed by atoms with Crippen LogP contribution in [0.25, 0.3) is 0 Å². The molecule has 1 fully saturated rings. The van der Waals surface area contributed by atoms with E-state index in [4.69, 9.17) is 0 Å². The molecule has 76 valence electrons. The maximum Gasteiger partial charge on any atom is 0.218 e. The Hall–Kier alpha value is -1.23. The van der Waals surface area contributed by atoms with Gasteiger partial charge in [-0.2, -0.15) is 4.39 Å². The van der Waals surface area contributed by atoms with Crippen molar-refractivity contribution in [2.75, 3.05) is 18.0 Å². The fraction of sp³-hybridized carbons (Fsp3) is 0.556. The molecule has 1 aliphatic rings. The molecule has 0 radical (unpaired) electrons. The van der Waals surface area contributed by atoms with Gasteiger partial charge in [0, 0.05) is 19.2 Å². The third kappa shape index (κ3) is 1.55. The molecule has 1 N–H and O–H groups in total. The fourth-order valence-corrected chi connectivity index (χ4v) is 1.55. The predicted octanol–water partition coefficient (Wildman–Crippen LogP) is 0.577. The molecule has 0 aromatic carbocycles. The lowest BCUT2D eigenvalue weighted by atomic mass is 9.91. The van der Waals surface area contributed by atoms with E-state index >= 15 is 0 Å². The fourth-order valence-electron chi connectivity index (χ4n) is 1.55. The van der Waals surface area contributed by atoms with Gasteiger partial charge in [-0.15, -0.1) is 0 Å². The first kappa shape index (κ1) is 9.33. The third-order valence-electron chi connectivity index (χ3n) is 2.57. The Morgan fingerprint density at radius 3 is 2.86 bits per heavy atom. The minimum absolute atomic E-state index is 0.514. The number of aliphatic hydroxyl groups is 1. The van der Waals surface area contributed by atoms with E-state index in [1.807, 2.05) is 11.8 Å². The summed E-state index contributed by atoms with van der Waals surface area (Å²) in [6.07, 6.45) is 1.89. The molecule has 0 bridgehead atoms. The molecular formula is C9H12FN3O. The molecule has 1 aromatic heterocycles. The molecular weight excluding hydrogens is 185 g/mol. The molecule has 0 spiro atoms. The third-order valence-corrected chi connectivity index (χ3v) is 2.57. The van der Waals surface area contributed by atoms with Crippen LogP contribution >= 0.6 is 0 Å².